The molecule has 0 heterocycles. The lowest BCUT2D eigenvalue weighted by molar-refractivity contribution is 0.0891. The van der Waals surface area contributed by atoms with Gasteiger partial charge in [0.15, 0.2) is 0 Å². The summed E-state index contributed by atoms with van der Waals surface area (Å²) in [5.41, 5.74) is 1.91. The van der Waals surface area contributed by atoms with Crippen LogP contribution >= 0.6 is 0 Å². The molecule has 2 heteroatoms. The van der Waals surface area contributed by atoms with E-state index in [2.05, 4.69) is 19.2 Å². The highest BCUT2D eigenvalue weighted by atomic mass is 16.1. The maximum absolute atomic E-state index is 12.2. The van der Waals surface area contributed by atoms with E-state index in [4.69, 9.17) is 0 Å². The van der Waals surface area contributed by atoms with Crippen molar-refractivity contribution < 1.29 is 4.79 Å². The molecule has 3 unspecified atom stereocenters. The van der Waals surface area contributed by atoms with E-state index >= 15 is 0 Å². The first kappa shape index (κ1) is 13.1. The number of aryl methyl sites for hydroxylation is 1. The fraction of sp³-hybridized carbons (Fsp3) is 0.562. The monoisotopic (exact) mass is 245 g/mol. The van der Waals surface area contributed by atoms with Crippen LogP contribution < -0.4 is 5.32 Å². The smallest absolute Gasteiger partial charge is 0.251 e. The quantitative estimate of drug-likeness (QED) is 0.848. The lowest BCUT2D eigenvalue weighted by Gasteiger charge is -2.34. The lowest BCUT2D eigenvalue weighted by atomic mass is 9.78. The summed E-state index contributed by atoms with van der Waals surface area (Å²) < 4.78 is 0. The van der Waals surface area contributed by atoms with Crippen LogP contribution in [-0.2, 0) is 0 Å². The molecule has 1 amide bonds. The van der Waals surface area contributed by atoms with Gasteiger partial charge in [-0.1, -0.05) is 44.4 Å². The Balaban J connectivity index is 2.03. The third-order valence-electron chi connectivity index (χ3n) is 4.30. The second-order valence-electron chi connectivity index (χ2n) is 5.72. The van der Waals surface area contributed by atoms with Crippen LogP contribution in [0.2, 0.25) is 0 Å². The third kappa shape index (κ3) is 2.92. The fourth-order valence-corrected chi connectivity index (χ4v) is 2.82. The van der Waals surface area contributed by atoms with Gasteiger partial charge in [0.2, 0.25) is 0 Å². The number of hydrogen-bond acceptors (Lipinski definition) is 1. The molecule has 18 heavy (non-hydrogen) atoms. The first-order valence-electron chi connectivity index (χ1n) is 6.95. The summed E-state index contributed by atoms with van der Waals surface area (Å²) in [6.07, 6.45) is 3.63. The van der Waals surface area contributed by atoms with E-state index in [1.54, 1.807) is 0 Å². The molecule has 0 aromatic heterocycles. The predicted molar refractivity (Wildman–Crippen MR) is 74.6 cm³/mol. The standard InChI is InChI=1S/C16H23NO/c1-11-6-4-8-14(10-11)16(18)17-15-9-5-7-12(2)13(15)3/h4,6,8,10,12-13,15H,5,7,9H2,1-3H3,(H,17,18). The summed E-state index contributed by atoms with van der Waals surface area (Å²) >= 11 is 0. The zero-order chi connectivity index (χ0) is 13.1. The highest BCUT2D eigenvalue weighted by Gasteiger charge is 2.28. The molecule has 2 rings (SSSR count). The fourth-order valence-electron chi connectivity index (χ4n) is 2.82. The Morgan fingerprint density at radius 3 is 2.78 bits per heavy atom. The van der Waals surface area contributed by atoms with Crippen molar-refractivity contribution in [1.82, 2.24) is 5.32 Å². The van der Waals surface area contributed by atoms with Crippen LogP contribution in [0, 0.1) is 18.8 Å². The average molecular weight is 245 g/mol. The van der Waals surface area contributed by atoms with Gasteiger partial charge in [-0.05, 0) is 37.3 Å². The highest BCUT2D eigenvalue weighted by Crippen LogP contribution is 2.29. The van der Waals surface area contributed by atoms with Crippen molar-refractivity contribution in [2.24, 2.45) is 11.8 Å². The molecular weight excluding hydrogens is 222 g/mol. The van der Waals surface area contributed by atoms with Gasteiger partial charge in [0.25, 0.3) is 5.91 Å². The average Bonchev–Trinajstić information content (AvgIpc) is 2.35. The molecular formula is C16H23NO. The van der Waals surface area contributed by atoms with Crippen molar-refractivity contribution in [1.29, 1.82) is 0 Å². The highest BCUT2D eigenvalue weighted by molar-refractivity contribution is 5.94. The summed E-state index contributed by atoms with van der Waals surface area (Å²) in [5.74, 6) is 1.36. The Hall–Kier alpha value is -1.31. The molecule has 1 aromatic rings. The normalized spacial score (nSPS) is 27.8. The first-order chi connectivity index (χ1) is 8.58. The minimum absolute atomic E-state index is 0.0737. The van der Waals surface area contributed by atoms with E-state index in [-0.39, 0.29) is 5.91 Å². The molecule has 0 bridgehead atoms. The SMILES string of the molecule is Cc1cccc(C(=O)NC2CCCC(C)C2C)c1. The van der Waals surface area contributed by atoms with Gasteiger partial charge < -0.3 is 5.32 Å². The van der Waals surface area contributed by atoms with Crippen LogP contribution in [0.1, 0.15) is 49.0 Å². The van der Waals surface area contributed by atoms with Crippen LogP contribution in [0.15, 0.2) is 24.3 Å². The zero-order valence-electron chi connectivity index (χ0n) is 11.6. The topological polar surface area (TPSA) is 29.1 Å². The van der Waals surface area contributed by atoms with Crippen molar-refractivity contribution >= 4 is 5.91 Å². The molecule has 2 nitrogen and oxygen atoms in total. The summed E-state index contributed by atoms with van der Waals surface area (Å²) in [4.78, 5) is 12.2. The van der Waals surface area contributed by atoms with Crippen molar-refractivity contribution in [3.05, 3.63) is 35.4 Å². The Morgan fingerprint density at radius 2 is 2.06 bits per heavy atom. The summed E-state index contributed by atoms with van der Waals surface area (Å²) in [6, 6.07) is 8.13. The molecule has 0 aliphatic heterocycles. The Morgan fingerprint density at radius 1 is 1.28 bits per heavy atom. The Labute approximate surface area is 110 Å². The van der Waals surface area contributed by atoms with Gasteiger partial charge in [0.05, 0.1) is 0 Å². The summed E-state index contributed by atoms with van der Waals surface area (Å²) in [5, 5.41) is 3.20. The number of hydrogen-bond donors (Lipinski definition) is 1. The van der Waals surface area contributed by atoms with Crippen molar-refractivity contribution in [2.75, 3.05) is 0 Å². The molecule has 1 aliphatic rings. The lowest BCUT2D eigenvalue weighted by Crippen LogP contribution is -2.43. The third-order valence-corrected chi connectivity index (χ3v) is 4.30. The van der Waals surface area contributed by atoms with Crippen LogP contribution in [0.3, 0.4) is 0 Å². The molecule has 1 saturated carbocycles. The Kier molecular flexibility index (Phi) is 4.05. The van der Waals surface area contributed by atoms with E-state index in [0.717, 1.165) is 17.5 Å². The van der Waals surface area contributed by atoms with Crippen molar-refractivity contribution in [2.45, 2.75) is 46.1 Å². The van der Waals surface area contributed by atoms with Crippen molar-refractivity contribution in [3.8, 4) is 0 Å². The van der Waals surface area contributed by atoms with E-state index in [0.29, 0.717) is 17.9 Å². The van der Waals surface area contributed by atoms with Gasteiger partial charge in [-0.2, -0.15) is 0 Å². The van der Waals surface area contributed by atoms with E-state index < -0.39 is 0 Å². The largest absolute Gasteiger partial charge is 0.349 e. The molecule has 1 aliphatic carbocycles. The Bertz CT molecular complexity index is 427. The van der Waals surface area contributed by atoms with Gasteiger partial charge in [-0.25, -0.2) is 0 Å². The minimum atomic E-state index is 0.0737. The van der Waals surface area contributed by atoms with E-state index in [9.17, 15) is 4.79 Å². The van der Waals surface area contributed by atoms with Crippen LogP contribution in [0.25, 0.3) is 0 Å². The summed E-state index contributed by atoms with van der Waals surface area (Å²) in [6.45, 7) is 6.56. The molecule has 1 fully saturated rings. The van der Waals surface area contributed by atoms with Crippen LogP contribution in [-0.4, -0.2) is 11.9 Å². The number of benzene rings is 1. The number of nitrogens with one attached hydrogen (secondary N) is 1. The van der Waals surface area contributed by atoms with Crippen molar-refractivity contribution in [3.63, 3.8) is 0 Å². The zero-order valence-corrected chi connectivity index (χ0v) is 11.6. The van der Waals surface area contributed by atoms with E-state index in [1.165, 1.54) is 12.8 Å². The maximum Gasteiger partial charge on any atom is 0.251 e. The molecule has 1 N–H and O–H groups in total. The second kappa shape index (κ2) is 5.55. The van der Waals surface area contributed by atoms with Crippen LogP contribution in [0.5, 0.6) is 0 Å². The number of rotatable bonds is 2. The maximum atomic E-state index is 12.2. The first-order valence-corrected chi connectivity index (χ1v) is 6.95. The molecule has 98 valence electrons. The number of carbonyl (C=O) groups is 1. The number of carbonyl (C=O) groups excluding carboxylic acids is 1. The molecule has 0 spiro atoms. The van der Waals surface area contributed by atoms with Crippen LogP contribution in [0.4, 0.5) is 0 Å². The predicted octanol–water partition coefficient (Wildman–Crippen LogP) is 3.55. The van der Waals surface area contributed by atoms with Gasteiger partial charge in [-0.3, -0.25) is 4.79 Å². The molecule has 3 atom stereocenters. The molecule has 1 aromatic carbocycles. The second-order valence-corrected chi connectivity index (χ2v) is 5.72. The minimum Gasteiger partial charge on any atom is -0.349 e. The summed E-state index contributed by atoms with van der Waals surface area (Å²) in [7, 11) is 0. The van der Waals surface area contributed by atoms with Gasteiger partial charge in [-0.15, -0.1) is 0 Å². The van der Waals surface area contributed by atoms with Gasteiger partial charge >= 0.3 is 0 Å². The number of amides is 1. The van der Waals surface area contributed by atoms with Gasteiger partial charge in [0, 0.05) is 11.6 Å². The molecule has 0 radical (unpaired) electrons. The van der Waals surface area contributed by atoms with Gasteiger partial charge in [0.1, 0.15) is 0 Å². The molecule has 0 saturated heterocycles. The van der Waals surface area contributed by atoms with E-state index in [1.807, 2.05) is 31.2 Å².